The lowest BCUT2D eigenvalue weighted by Crippen LogP contribution is -2.25. The number of methoxy groups -OCH3 is 2. The van der Waals surface area contributed by atoms with E-state index in [-0.39, 0.29) is 5.91 Å². The number of rotatable bonds is 10. The van der Waals surface area contributed by atoms with Gasteiger partial charge in [-0.15, -0.1) is 18.3 Å². The number of ether oxygens (including phenoxy) is 2. The number of hydrogen-bond acceptors (Lipinski definition) is 4. The molecule has 0 atom stereocenters. The van der Waals surface area contributed by atoms with Crippen molar-refractivity contribution in [2.45, 2.75) is 17.7 Å². The van der Waals surface area contributed by atoms with E-state index >= 15 is 0 Å². The van der Waals surface area contributed by atoms with Crippen LogP contribution in [0.4, 0.5) is 0 Å². The van der Waals surface area contributed by atoms with Crippen LogP contribution < -0.4 is 14.8 Å². The monoisotopic (exact) mass is 371 g/mol. The van der Waals surface area contributed by atoms with Gasteiger partial charge in [0.05, 0.1) is 19.8 Å². The average Bonchev–Trinajstić information content (AvgIpc) is 2.69. The van der Waals surface area contributed by atoms with Gasteiger partial charge in [-0.2, -0.15) is 0 Å². The molecule has 0 aliphatic heterocycles. The van der Waals surface area contributed by atoms with Crippen molar-refractivity contribution in [3.63, 3.8) is 0 Å². The molecule has 2 rings (SSSR count). The normalized spacial score (nSPS) is 10.2. The van der Waals surface area contributed by atoms with Crippen LogP contribution in [0.3, 0.4) is 0 Å². The summed E-state index contributed by atoms with van der Waals surface area (Å²) >= 11 is 1.61. The third-order valence-electron chi connectivity index (χ3n) is 3.86. The van der Waals surface area contributed by atoms with E-state index in [4.69, 9.17) is 9.47 Å². The van der Waals surface area contributed by atoms with E-state index in [0.29, 0.717) is 12.1 Å². The van der Waals surface area contributed by atoms with Crippen LogP contribution in [0.25, 0.3) is 0 Å². The molecule has 0 aliphatic rings. The molecule has 0 aromatic heterocycles. The third kappa shape index (κ3) is 5.56. The fraction of sp³-hybridized carbons (Fsp3) is 0.286. The van der Waals surface area contributed by atoms with Crippen molar-refractivity contribution < 1.29 is 14.3 Å². The predicted octanol–water partition coefficient (Wildman–Crippen LogP) is 4.34. The molecule has 0 heterocycles. The standard InChI is InChI=1S/C21H25NO3S/c1-4-14-26-20-10-6-5-9-17(20)21(23)22-13-7-8-16-11-12-18(24-2)19(15-16)25-3/h4-6,9-12,15H,1,7-8,13-14H2,2-3H3,(H,22,23). The first-order chi connectivity index (χ1) is 12.7. The quantitative estimate of drug-likeness (QED) is 0.383. The molecule has 0 unspecified atom stereocenters. The number of nitrogens with one attached hydrogen (secondary N) is 1. The second-order valence-corrected chi connectivity index (χ2v) is 6.71. The Hall–Kier alpha value is -2.40. The molecular weight excluding hydrogens is 346 g/mol. The van der Waals surface area contributed by atoms with Crippen LogP contribution >= 0.6 is 11.8 Å². The van der Waals surface area contributed by atoms with Crippen LogP contribution in [-0.2, 0) is 6.42 Å². The minimum atomic E-state index is -0.0375. The van der Waals surface area contributed by atoms with Gasteiger partial charge >= 0.3 is 0 Å². The van der Waals surface area contributed by atoms with Gasteiger partial charge in [0.15, 0.2) is 11.5 Å². The summed E-state index contributed by atoms with van der Waals surface area (Å²) in [5.41, 5.74) is 1.87. The topological polar surface area (TPSA) is 47.6 Å². The summed E-state index contributed by atoms with van der Waals surface area (Å²) in [6.07, 6.45) is 3.54. The van der Waals surface area contributed by atoms with Gasteiger partial charge in [0.1, 0.15) is 0 Å². The maximum atomic E-state index is 12.4. The third-order valence-corrected chi connectivity index (χ3v) is 4.93. The molecule has 4 nitrogen and oxygen atoms in total. The summed E-state index contributed by atoms with van der Waals surface area (Å²) in [5, 5.41) is 3.00. The van der Waals surface area contributed by atoms with Gasteiger partial charge in [-0.25, -0.2) is 0 Å². The molecule has 5 heteroatoms. The van der Waals surface area contributed by atoms with Gasteiger partial charge in [0, 0.05) is 17.2 Å². The number of benzene rings is 2. The van der Waals surface area contributed by atoms with E-state index in [1.165, 1.54) is 0 Å². The summed E-state index contributed by atoms with van der Waals surface area (Å²) in [7, 11) is 3.25. The number of hydrogen-bond donors (Lipinski definition) is 1. The number of carbonyl (C=O) groups is 1. The minimum absolute atomic E-state index is 0.0375. The molecule has 0 spiro atoms. The van der Waals surface area contributed by atoms with E-state index in [0.717, 1.165) is 40.6 Å². The van der Waals surface area contributed by atoms with Crippen molar-refractivity contribution in [1.82, 2.24) is 5.32 Å². The van der Waals surface area contributed by atoms with Gasteiger partial charge < -0.3 is 14.8 Å². The zero-order valence-electron chi connectivity index (χ0n) is 15.3. The molecule has 138 valence electrons. The van der Waals surface area contributed by atoms with E-state index in [1.54, 1.807) is 26.0 Å². The number of amides is 1. The molecule has 0 fully saturated rings. The Labute approximate surface area is 159 Å². The zero-order chi connectivity index (χ0) is 18.8. The molecule has 2 aromatic rings. The molecule has 0 saturated carbocycles. The molecule has 26 heavy (non-hydrogen) atoms. The van der Waals surface area contributed by atoms with E-state index in [1.807, 2.05) is 48.5 Å². The highest BCUT2D eigenvalue weighted by Gasteiger charge is 2.10. The zero-order valence-corrected chi connectivity index (χ0v) is 16.1. The van der Waals surface area contributed by atoms with Crippen LogP contribution in [0.5, 0.6) is 11.5 Å². The molecule has 0 radical (unpaired) electrons. The smallest absolute Gasteiger partial charge is 0.252 e. The fourth-order valence-corrected chi connectivity index (χ4v) is 3.34. The Kier molecular flexibility index (Phi) is 8.09. The van der Waals surface area contributed by atoms with Crippen molar-refractivity contribution >= 4 is 17.7 Å². The molecular formula is C21H25NO3S. The lowest BCUT2D eigenvalue weighted by Gasteiger charge is -2.11. The lowest BCUT2D eigenvalue weighted by molar-refractivity contribution is 0.0950. The molecule has 1 N–H and O–H groups in total. The largest absolute Gasteiger partial charge is 0.493 e. The maximum absolute atomic E-state index is 12.4. The second-order valence-electron chi connectivity index (χ2n) is 5.64. The van der Waals surface area contributed by atoms with Gasteiger partial charge in [0.2, 0.25) is 0 Å². The number of carbonyl (C=O) groups excluding carboxylic acids is 1. The molecule has 2 aromatic carbocycles. The Morgan fingerprint density at radius 1 is 1.15 bits per heavy atom. The number of thioether (sulfide) groups is 1. The minimum Gasteiger partial charge on any atom is -0.493 e. The Bertz CT molecular complexity index is 746. The van der Waals surface area contributed by atoms with Gasteiger partial charge in [-0.1, -0.05) is 24.3 Å². The van der Waals surface area contributed by atoms with Crippen molar-refractivity contribution in [2.24, 2.45) is 0 Å². The summed E-state index contributed by atoms with van der Waals surface area (Å²) in [6.45, 7) is 4.34. The van der Waals surface area contributed by atoms with Crippen LogP contribution in [0, 0.1) is 0 Å². The maximum Gasteiger partial charge on any atom is 0.252 e. The van der Waals surface area contributed by atoms with Gasteiger partial charge in [-0.3, -0.25) is 4.79 Å². The van der Waals surface area contributed by atoms with Crippen LogP contribution in [0.1, 0.15) is 22.3 Å². The van der Waals surface area contributed by atoms with Crippen molar-refractivity contribution in [3.8, 4) is 11.5 Å². The Balaban J connectivity index is 1.86. The molecule has 0 bridgehead atoms. The van der Waals surface area contributed by atoms with Crippen molar-refractivity contribution in [2.75, 3.05) is 26.5 Å². The van der Waals surface area contributed by atoms with E-state index < -0.39 is 0 Å². The first kappa shape index (κ1) is 19.9. The van der Waals surface area contributed by atoms with Crippen LogP contribution in [0.15, 0.2) is 60.0 Å². The highest BCUT2D eigenvalue weighted by atomic mass is 32.2. The Morgan fingerprint density at radius 3 is 2.65 bits per heavy atom. The molecule has 0 aliphatic carbocycles. The second kappa shape index (κ2) is 10.6. The van der Waals surface area contributed by atoms with Crippen molar-refractivity contribution in [3.05, 3.63) is 66.2 Å². The van der Waals surface area contributed by atoms with E-state index in [9.17, 15) is 4.79 Å². The predicted molar refractivity (Wildman–Crippen MR) is 108 cm³/mol. The average molecular weight is 372 g/mol. The first-order valence-corrected chi connectivity index (χ1v) is 9.50. The van der Waals surface area contributed by atoms with E-state index in [2.05, 4.69) is 11.9 Å². The summed E-state index contributed by atoms with van der Waals surface area (Å²) in [6, 6.07) is 13.5. The molecule has 0 saturated heterocycles. The summed E-state index contributed by atoms with van der Waals surface area (Å²) in [4.78, 5) is 13.4. The Morgan fingerprint density at radius 2 is 1.92 bits per heavy atom. The fourth-order valence-electron chi connectivity index (χ4n) is 2.55. The van der Waals surface area contributed by atoms with Crippen LogP contribution in [0.2, 0.25) is 0 Å². The van der Waals surface area contributed by atoms with Gasteiger partial charge in [0.25, 0.3) is 5.91 Å². The number of aryl methyl sites for hydroxylation is 1. The first-order valence-electron chi connectivity index (χ1n) is 8.51. The lowest BCUT2D eigenvalue weighted by atomic mass is 10.1. The molecule has 1 amide bonds. The van der Waals surface area contributed by atoms with Gasteiger partial charge in [-0.05, 0) is 42.7 Å². The summed E-state index contributed by atoms with van der Waals surface area (Å²) in [5.74, 6) is 2.19. The van der Waals surface area contributed by atoms with Crippen LogP contribution in [-0.4, -0.2) is 32.4 Å². The SMILES string of the molecule is C=CCSc1ccccc1C(=O)NCCCc1ccc(OC)c(OC)c1. The highest BCUT2D eigenvalue weighted by Crippen LogP contribution is 2.28. The highest BCUT2D eigenvalue weighted by molar-refractivity contribution is 7.99. The summed E-state index contributed by atoms with van der Waals surface area (Å²) < 4.78 is 10.6. The van der Waals surface area contributed by atoms with Crippen molar-refractivity contribution in [1.29, 1.82) is 0 Å².